The van der Waals surface area contributed by atoms with E-state index in [0.29, 0.717) is 5.82 Å². The first-order chi connectivity index (χ1) is 7.39. The molecule has 16 heavy (non-hydrogen) atoms. The lowest BCUT2D eigenvalue weighted by molar-refractivity contribution is -0.137. The number of nitrogens with two attached hydrogens (primary N) is 1. The number of anilines is 1. The highest BCUT2D eigenvalue weighted by Crippen LogP contribution is 2.40. The smallest absolute Gasteiger partial charge is 0.383 e. The summed E-state index contributed by atoms with van der Waals surface area (Å²) < 4.78 is 37.1. The maximum absolute atomic E-state index is 12.4. The van der Waals surface area contributed by atoms with Crippen LogP contribution in [0.3, 0.4) is 0 Å². The van der Waals surface area contributed by atoms with Gasteiger partial charge in [0.15, 0.2) is 0 Å². The van der Waals surface area contributed by atoms with Crippen molar-refractivity contribution in [1.82, 2.24) is 9.97 Å². The lowest BCUT2D eigenvalue weighted by atomic mass is 9.84. The molecular weight excluding hydrogens is 243 g/mol. The van der Waals surface area contributed by atoms with Gasteiger partial charge in [0, 0.05) is 17.5 Å². The van der Waals surface area contributed by atoms with E-state index in [1.807, 2.05) is 0 Å². The van der Waals surface area contributed by atoms with E-state index in [-0.39, 0.29) is 11.3 Å². The molecule has 0 spiro atoms. The lowest BCUT2D eigenvalue weighted by Crippen LogP contribution is -2.27. The van der Waals surface area contributed by atoms with Crippen molar-refractivity contribution in [3.63, 3.8) is 0 Å². The molecule has 0 amide bonds. The number of alkyl halides is 4. The molecule has 0 bridgehead atoms. The van der Waals surface area contributed by atoms with Crippen molar-refractivity contribution < 1.29 is 13.2 Å². The van der Waals surface area contributed by atoms with Crippen molar-refractivity contribution in [2.24, 2.45) is 0 Å². The largest absolute Gasteiger partial charge is 0.421 e. The second kappa shape index (κ2) is 3.76. The number of halogens is 4. The molecule has 1 fully saturated rings. The van der Waals surface area contributed by atoms with E-state index in [1.165, 1.54) is 0 Å². The van der Waals surface area contributed by atoms with Gasteiger partial charge in [-0.25, -0.2) is 9.97 Å². The Balaban J connectivity index is 2.29. The predicted octanol–water partition coefficient (Wildman–Crippen LogP) is 2.56. The number of nitrogens with zero attached hydrogens (tertiary/aromatic N) is 2. The Morgan fingerprint density at radius 1 is 1.38 bits per heavy atom. The molecule has 1 aliphatic rings. The highest BCUT2D eigenvalue weighted by atomic mass is 35.5. The summed E-state index contributed by atoms with van der Waals surface area (Å²) >= 11 is 5.89. The zero-order chi connectivity index (χ0) is 11.9. The number of rotatable bonds is 1. The third-order valence-corrected chi connectivity index (χ3v) is 3.19. The minimum Gasteiger partial charge on any atom is -0.383 e. The van der Waals surface area contributed by atoms with E-state index in [4.69, 9.17) is 17.3 Å². The summed E-state index contributed by atoms with van der Waals surface area (Å²) in [5, 5.41) is -0.101. The Kier molecular flexibility index (Phi) is 2.69. The van der Waals surface area contributed by atoms with Gasteiger partial charge < -0.3 is 5.73 Å². The van der Waals surface area contributed by atoms with Crippen molar-refractivity contribution in [3.05, 3.63) is 17.6 Å². The molecule has 7 heteroatoms. The highest BCUT2D eigenvalue weighted by molar-refractivity contribution is 6.21. The van der Waals surface area contributed by atoms with Crippen LogP contribution in [-0.4, -0.2) is 15.3 Å². The van der Waals surface area contributed by atoms with E-state index < -0.39 is 17.6 Å². The normalized spacial score (nSPS) is 25.2. The van der Waals surface area contributed by atoms with Gasteiger partial charge in [0.05, 0.1) is 0 Å². The summed E-state index contributed by atoms with van der Waals surface area (Å²) in [6, 6.07) is 0. The van der Waals surface area contributed by atoms with Crippen LogP contribution in [0, 0.1) is 0 Å². The van der Waals surface area contributed by atoms with Crippen molar-refractivity contribution in [3.8, 4) is 0 Å². The Hall–Kier alpha value is -1.04. The fourth-order valence-corrected chi connectivity index (χ4v) is 1.92. The molecule has 0 radical (unpaired) electrons. The molecule has 0 aromatic carbocycles. The quantitative estimate of drug-likeness (QED) is 0.781. The summed E-state index contributed by atoms with van der Waals surface area (Å²) in [7, 11) is 0. The molecule has 1 aliphatic carbocycles. The van der Waals surface area contributed by atoms with E-state index in [0.717, 1.165) is 19.0 Å². The fourth-order valence-electron chi connectivity index (χ4n) is 1.56. The second-order valence-corrected chi connectivity index (χ2v) is 4.29. The van der Waals surface area contributed by atoms with Gasteiger partial charge in [-0.15, -0.1) is 11.6 Å². The molecule has 0 aliphatic heterocycles. The molecule has 2 N–H and O–H groups in total. The van der Waals surface area contributed by atoms with E-state index in [9.17, 15) is 13.2 Å². The molecule has 1 aromatic rings. The van der Waals surface area contributed by atoms with Gasteiger partial charge in [0.2, 0.25) is 0 Å². The number of nitrogen functional groups attached to an aromatic ring is 1. The molecule has 2 unspecified atom stereocenters. The summed E-state index contributed by atoms with van der Waals surface area (Å²) in [5.41, 5.74) is 4.26. The average Bonchev–Trinajstić information content (AvgIpc) is 2.13. The maximum Gasteiger partial charge on any atom is 0.421 e. The Bertz CT molecular complexity index is 407. The summed E-state index contributed by atoms with van der Waals surface area (Å²) in [5.74, 6) is -0.309. The van der Waals surface area contributed by atoms with Crippen LogP contribution in [-0.2, 0) is 6.18 Å². The first kappa shape index (κ1) is 11.4. The Morgan fingerprint density at radius 3 is 2.44 bits per heavy atom. The molecule has 1 saturated carbocycles. The van der Waals surface area contributed by atoms with Gasteiger partial charge in [-0.05, 0) is 12.8 Å². The van der Waals surface area contributed by atoms with Crippen molar-refractivity contribution in [2.45, 2.75) is 30.3 Å². The van der Waals surface area contributed by atoms with Crippen molar-refractivity contribution in [2.75, 3.05) is 5.73 Å². The minimum absolute atomic E-state index is 0.0775. The molecular formula is C9H9ClF3N3. The van der Waals surface area contributed by atoms with Crippen LogP contribution in [0.2, 0.25) is 0 Å². The number of hydrogen-bond donors (Lipinski definition) is 1. The van der Waals surface area contributed by atoms with Crippen LogP contribution in [0.4, 0.5) is 19.0 Å². The topological polar surface area (TPSA) is 51.8 Å². The standard InChI is InChI=1S/C9H9ClF3N3/c10-6-2-1-4(6)8-15-3-5(7(14)16-8)9(11,12)13/h3-4,6H,1-2H2,(H2,14,15,16). The van der Waals surface area contributed by atoms with Crippen molar-refractivity contribution >= 4 is 17.4 Å². The molecule has 1 aromatic heterocycles. The maximum atomic E-state index is 12.4. The molecule has 0 saturated heterocycles. The van der Waals surface area contributed by atoms with Crippen LogP contribution < -0.4 is 5.73 Å². The first-order valence-electron chi connectivity index (χ1n) is 4.73. The van der Waals surface area contributed by atoms with Gasteiger partial charge in [0.25, 0.3) is 0 Å². The van der Waals surface area contributed by atoms with Gasteiger partial charge in [-0.3, -0.25) is 0 Å². The Morgan fingerprint density at radius 2 is 2.06 bits per heavy atom. The molecule has 3 nitrogen and oxygen atoms in total. The van der Waals surface area contributed by atoms with Gasteiger partial charge in [-0.1, -0.05) is 0 Å². The SMILES string of the molecule is Nc1nc(C2CCC2Cl)ncc1C(F)(F)F. The predicted molar refractivity (Wildman–Crippen MR) is 53.1 cm³/mol. The zero-order valence-corrected chi connectivity index (χ0v) is 8.89. The van der Waals surface area contributed by atoms with Gasteiger partial charge >= 0.3 is 6.18 Å². The second-order valence-electron chi connectivity index (χ2n) is 3.72. The van der Waals surface area contributed by atoms with E-state index in [2.05, 4.69) is 9.97 Å². The summed E-state index contributed by atoms with van der Waals surface area (Å²) in [6.07, 6.45) is -2.17. The monoisotopic (exact) mass is 251 g/mol. The zero-order valence-electron chi connectivity index (χ0n) is 8.13. The van der Waals surface area contributed by atoms with Crippen LogP contribution in [0.1, 0.15) is 30.1 Å². The van der Waals surface area contributed by atoms with Crippen LogP contribution in [0.25, 0.3) is 0 Å². The van der Waals surface area contributed by atoms with Crippen LogP contribution >= 0.6 is 11.6 Å². The number of aromatic nitrogens is 2. The summed E-state index contributed by atoms with van der Waals surface area (Å²) in [4.78, 5) is 7.36. The molecule has 88 valence electrons. The minimum atomic E-state index is -4.51. The molecule has 1 heterocycles. The highest BCUT2D eigenvalue weighted by Gasteiger charge is 2.37. The fraction of sp³-hybridized carbons (Fsp3) is 0.556. The third kappa shape index (κ3) is 1.93. The van der Waals surface area contributed by atoms with Gasteiger partial charge in [-0.2, -0.15) is 13.2 Å². The average molecular weight is 252 g/mol. The molecule has 2 atom stereocenters. The number of hydrogen-bond acceptors (Lipinski definition) is 3. The lowest BCUT2D eigenvalue weighted by Gasteiger charge is -2.30. The van der Waals surface area contributed by atoms with Crippen LogP contribution in [0.15, 0.2) is 6.20 Å². The van der Waals surface area contributed by atoms with E-state index >= 15 is 0 Å². The third-order valence-electron chi connectivity index (χ3n) is 2.66. The Labute approximate surface area is 94.8 Å². The van der Waals surface area contributed by atoms with Crippen LogP contribution in [0.5, 0.6) is 0 Å². The van der Waals surface area contributed by atoms with Gasteiger partial charge in [0.1, 0.15) is 17.2 Å². The van der Waals surface area contributed by atoms with E-state index in [1.54, 1.807) is 0 Å². The van der Waals surface area contributed by atoms with Crippen molar-refractivity contribution in [1.29, 1.82) is 0 Å². The first-order valence-corrected chi connectivity index (χ1v) is 5.17. The molecule has 2 rings (SSSR count). The summed E-state index contributed by atoms with van der Waals surface area (Å²) in [6.45, 7) is 0.